The van der Waals surface area contributed by atoms with Crippen molar-refractivity contribution in [1.29, 1.82) is 0 Å². The Morgan fingerprint density at radius 2 is 1.90 bits per heavy atom. The number of nitrogens with zero attached hydrogens (tertiary/aromatic N) is 2. The van der Waals surface area contributed by atoms with Gasteiger partial charge >= 0.3 is 12.2 Å². The van der Waals surface area contributed by atoms with Crippen LogP contribution in [0.1, 0.15) is 84.1 Å². The summed E-state index contributed by atoms with van der Waals surface area (Å²) in [6, 6.07) is 3.39. The largest absolute Gasteiger partial charge is 0.445 e. The highest BCUT2D eigenvalue weighted by Gasteiger charge is 2.62. The van der Waals surface area contributed by atoms with Gasteiger partial charge in [0.1, 0.15) is 34.8 Å². The summed E-state index contributed by atoms with van der Waals surface area (Å²) < 4.78 is 45.1. The summed E-state index contributed by atoms with van der Waals surface area (Å²) in [5.74, 6) is -2.34. The van der Waals surface area contributed by atoms with E-state index in [0.29, 0.717) is 43.2 Å². The Bertz CT molecular complexity index is 1760. The van der Waals surface area contributed by atoms with Crippen LogP contribution in [-0.2, 0) is 29.1 Å². The van der Waals surface area contributed by atoms with Crippen LogP contribution in [-0.4, -0.2) is 83.2 Å². The number of hydrogen-bond acceptors (Lipinski definition) is 10. The second-order valence-corrected chi connectivity index (χ2v) is 16.6. The van der Waals surface area contributed by atoms with Gasteiger partial charge in [-0.2, -0.15) is 4.98 Å². The lowest BCUT2D eigenvalue weighted by atomic mass is 10.0. The number of sulfonamides is 1. The number of oxazole rings is 1. The standard InChI is InChI=1S/C34H45N5O9S/c1-20-11-10-14-26-27(20)36-32(47-26)46-22-17-25-28(40)37-34(30(42)38-49(44,45)23-15-16-23)18-21(34)12-8-6-5-7-9-13-24(29(41)39(25)19-22)35-31(43)48-33(2,3)4/h8,10-12,14,21-25H,5-7,9,13,15-19H2,1-4H3,(H,35,43)(H,37,40)(H,38,42)/b12-8-/t21-,22+,24-,25-,34+/m0/s1. The number of carbonyl (C=O) groups is 4. The molecule has 2 aromatic rings. The van der Waals surface area contributed by atoms with Gasteiger partial charge in [-0.25, -0.2) is 13.2 Å². The molecule has 5 atom stereocenters. The molecular weight excluding hydrogens is 654 g/mol. The minimum absolute atomic E-state index is 0.0122. The minimum atomic E-state index is -3.88. The van der Waals surface area contributed by atoms with Gasteiger partial charge in [-0.15, -0.1) is 0 Å². The summed E-state index contributed by atoms with van der Waals surface area (Å²) in [6.07, 6.45) is 6.72. The van der Waals surface area contributed by atoms with Crippen LogP contribution >= 0.6 is 0 Å². The first-order chi connectivity index (χ1) is 23.1. The summed E-state index contributed by atoms with van der Waals surface area (Å²) in [7, 11) is -3.88. The van der Waals surface area contributed by atoms with Crippen molar-refractivity contribution in [3.8, 4) is 6.08 Å². The van der Waals surface area contributed by atoms with E-state index in [0.717, 1.165) is 18.4 Å². The number of hydrogen-bond donors (Lipinski definition) is 3. The zero-order valence-electron chi connectivity index (χ0n) is 28.3. The van der Waals surface area contributed by atoms with E-state index in [1.807, 2.05) is 31.2 Å². The number of ether oxygens (including phenoxy) is 2. The maximum atomic E-state index is 14.3. The van der Waals surface area contributed by atoms with Crippen LogP contribution in [0.2, 0.25) is 0 Å². The first kappa shape index (κ1) is 34.7. The highest BCUT2D eigenvalue weighted by molar-refractivity contribution is 7.91. The van der Waals surface area contributed by atoms with Gasteiger partial charge in [-0.1, -0.05) is 37.1 Å². The molecule has 4 amide bonds. The van der Waals surface area contributed by atoms with Crippen molar-refractivity contribution >= 4 is 44.9 Å². The first-order valence-corrected chi connectivity index (χ1v) is 18.6. The number of allylic oxidation sites excluding steroid dienone is 1. The van der Waals surface area contributed by atoms with E-state index in [-0.39, 0.29) is 25.5 Å². The zero-order valence-corrected chi connectivity index (χ0v) is 29.1. The fraction of sp³-hybridized carbons (Fsp3) is 0.618. The second-order valence-electron chi connectivity index (χ2n) is 14.6. The maximum Gasteiger partial charge on any atom is 0.408 e. The van der Waals surface area contributed by atoms with Crippen molar-refractivity contribution in [3.05, 3.63) is 35.9 Å². The SMILES string of the molecule is Cc1cccc2oc(O[C@@H]3C[C@H]4C(=O)N[C@]5(C(=O)NS(=O)(=O)C6CC6)C[C@@H]5/C=C\CCCCC[C@H](NC(=O)OC(C)(C)C)C(=O)N4C3)nc12. The highest BCUT2D eigenvalue weighted by Crippen LogP contribution is 2.46. The van der Waals surface area contributed by atoms with Gasteiger partial charge in [-0.3, -0.25) is 19.1 Å². The minimum Gasteiger partial charge on any atom is -0.445 e. The van der Waals surface area contributed by atoms with Crippen molar-refractivity contribution in [2.45, 2.75) is 120 Å². The van der Waals surface area contributed by atoms with E-state index in [2.05, 4.69) is 20.3 Å². The van der Waals surface area contributed by atoms with Gasteiger partial charge in [0.25, 0.3) is 5.91 Å². The molecule has 0 unspecified atom stereocenters. The molecule has 3 N–H and O–H groups in total. The molecule has 266 valence electrons. The third kappa shape index (κ3) is 7.86. The summed E-state index contributed by atoms with van der Waals surface area (Å²) in [4.78, 5) is 60.7. The average Bonchev–Trinajstić information content (AvgIpc) is 3.90. The van der Waals surface area contributed by atoms with Crippen LogP contribution in [0.3, 0.4) is 0 Å². The molecule has 2 aliphatic carbocycles. The fourth-order valence-electron chi connectivity index (χ4n) is 6.56. The number of aryl methyl sites for hydroxylation is 1. The van der Waals surface area contributed by atoms with Crippen molar-refractivity contribution in [1.82, 2.24) is 25.2 Å². The van der Waals surface area contributed by atoms with Gasteiger partial charge in [0, 0.05) is 12.3 Å². The third-order valence-electron chi connectivity index (χ3n) is 9.40. The number of alkyl carbamates (subject to hydrolysis) is 1. The average molecular weight is 700 g/mol. The van der Waals surface area contributed by atoms with Crippen LogP contribution in [0.4, 0.5) is 4.79 Å². The molecule has 6 rings (SSSR count). The zero-order chi connectivity index (χ0) is 35.1. The highest BCUT2D eigenvalue weighted by atomic mass is 32.2. The molecule has 1 aromatic carbocycles. The Hall–Kier alpha value is -4.14. The first-order valence-electron chi connectivity index (χ1n) is 17.0. The number of aromatic nitrogens is 1. The predicted octanol–water partition coefficient (Wildman–Crippen LogP) is 3.38. The van der Waals surface area contributed by atoms with Gasteiger partial charge < -0.3 is 29.4 Å². The molecule has 1 aromatic heterocycles. The number of benzene rings is 1. The normalized spacial score (nSPS) is 28.7. The molecule has 3 heterocycles. The quantitative estimate of drug-likeness (QED) is 0.378. The van der Waals surface area contributed by atoms with Crippen LogP contribution in [0.25, 0.3) is 11.1 Å². The van der Waals surface area contributed by atoms with E-state index in [1.165, 1.54) is 4.90 Å². The van der Waals surface area contributed by atoms with E-state index >= 15 is 0 Å². The molecule has 0 bridgehead atoms. The van der Waals surface area contributed by atoms with Gasteiger partial charge in [0.15, 0.2) is 5.58 Å². The molecule has 0 radical (unpaired) electrons. The Kier molecular flexibility index (Phi) is 9.42. The van der Waals surface area contributed by atoms with E-state index in [1.54, 1.807) is 26.8 Å². The van der Waals surface area contributed by atoms with Gasteiger partial charge in [0.2, 0.25) is 21.8 Å². The molecule has 2 aliphatic heterocycles. The number of para-hydroxylation sites is 1. The monoisotopic (exact) mass is 699 g/mol. The number of nitrogens with one attached hydrogen (secondary N) is 3. The van der Waals surface area contributed by atoms with Crippen LogP contribution < -0.4 is 20.1 Å². The molecule has 14 nitrogen and oxygen atoms in total. The molecule has 49 heavy (non-hydrogen) atoms. The number of amides is 4. The Morgan fingerprint density at radius 1 is 1.12 bits per heavy atom. The predicted molar refractivity (Wildman–Crippen MR) is 178 cm³/mol. The van der Waals surface area contributed by atoms with Crippen molar-refractivity contribution in [2.75, 3.05) is 6.54 Å². The van der Waals surface area contributed by atoms with Crippen molar-refractivity contribution in [2.24, 2.45) is 5.92 Å². The molecule has 0 spiro atoms. The summed E-state index contributed by atoms with van der Waals surface area (Å²) >= 11 is 0. The fourth-order valence-corrected chi connectivity index (χ4v) is 7.92. The van der Waals surface area contributed by atoms with E-state index < -0.39 is 74.3 Å². The summed E-state index contributed by atoms with van der Waals surface area (Å²) in [6.45, 7) is 7.04. The van der Waals surface area contributed by atoms with Gasteiger partial charge in [0.05, 0.1) is 11.8 Å². The Labute approximate surface area is 285 Å². The van der Waals surface area contributed by atoms with Crippen LogP contribution in [0.5, 0.6) is 6.08 Å². The molecule has 4 aliphatic rings. The topological polar surface area (TPSA) is 186 Å². The molecule has 3 fully saturated rings. The van der Waals surface area contributed by atoms with E-state index in [9.17, 15) is 27.6 Å². The number of rotatable bonds is 6. The Balaban J connectivity index is 1.29. The lowest BCUT2D eigenvalue weighted by Crippen LogP contribution is -2.58. The smallest absolute Gasteiger partial charge is 0.408 e. The summed E-state index contributed by atoms with van der Waals surface area (Å²) in [5.41, 5.74) is -0.242. The lowest BCUT2D eigenvalue weighted by Gasteiger charge is -2.30. The molecule has 15 heteroatoms. The second kappa shape index (κ2) is 13.3. The van der Waals surface area contributed by atoms with Crippen LogP contribution in [0.15, 0.2) is 34.8 Å². The third-order valence-corrected chi connectivity index (χ3v) is 11.2. The number of fused-ring (bicyclic) bond motifs is 3. The lowest BCUT2D eigenvalue weighted by molar-refractivity contribution is -0.141. The van der Waals surface area contributed by atoms with Crippen molar-refractivity contribution in [3.63, 3.8) is 0 Å². The maximum absolute atomic E-state index is 14.3. The molecular formula is C34H45N5O9S. The molecule has 2 saturated carbocycles. The van der Waals surface area contributed by atoms with Gasteiger partial charge in [-0.05, 0) is 77.8 Å². The Morgan fingerprint density at radius 3 is 2.61 bits per heavy atom. The van der Waals surface area contributed by atoms with Crippen LogP contribution in [0, 0.1) is 12.8 Å². The summed E-state index contributed by atoms with van der Waals surface area (Å²) in [5, 5.41) is 4.94. The molecule has 1 saturated heterocycles. The van der Waals surface area contributed by atoms with Crippen molar-refractivity contribution < 1.29 is 41.5 Å². The number of carbonyl (C=O) groups excluding carboxylic acids is 4. The van der Waals surface area contributed by atoms with E-state index in [4.69, 9.17) is 13.9 Å².